The highest BCUT2D eigenvalue weighted by Crippen LogP contribution is 2.14. The van der Waals surface area contributed by atoms with Gasteiger partial charge < -0.3 is 0 Å². The molecule has 0 bridgehead atoms. The second-order valence-corrected chi connectivity index (χ2v) is 4.05. The van der Waals surface area contributed by atoms with Crippen LogP contribution in [0.15, 0.2) is 58.5 Å². The van der Waals surface area contributed by atoms with E-state index in [1.165, 1.54) is 0 Å². The van der Waals surface area contributed by atoms with Crippen LogP contribution in [-0.4, -0.2) is 12.1 Å². The molecule has 0 amide bonds. The summed E-state index contributed by atoms with van der Waals surface area (Å²) in [6, 6.07) is 15.8. The largest absolute Gasteiger partial charge is 0.285 e. The van der Waals surface area contributed by atoms with Crippen molar-refractivity contribution in [3.63, 3.8) is 0 Å². The van der Waals surface area contributed by atoms with Crippen LogP contribution in [0.2, 0.25) is 0 Å². The fourth-order valence-corrected chi connectivity index (χ4v) is 1.84. The number of nitrogens with zero attached hydrogens (tertiary/aromatic N) is 2. The standard InChI is InChI=1S/C16H11N2/c1-12-6-2-3-7-13(12)10-17-16-15-9-5-4-8-14(15)11-18-16/h2-10H,1H2/q+1/b13-10+,17-16?. The smallest absolute Gasteiger partial charge is 0.177 e. The maximum atomic E-state index is 4.42. The third-order valence-electron chi connectivity index (χ3n) is 2.83. The topological polar surface area (TPSA) is 24.7 Å². The van der Waals surface area contributed by atoms with Crippen molar-refractivity contribution in [2.75, 3.05) is 0 Å². The lowest BCUT2D eigenvalue weighted by Crippen LogP contribution is -2.21. The summed E-state index contributed by atoms with van der Waals surface area (Å²) in [5.74, 6) is 0.703. The van der Waals surface area contributed by atoms with Crippen LogP contribution < -0.4 is 10.4 Å². The molecule has 1 aliphatic heterocycles. The lowest BCUT2D eigenvalue weighted by molar-refractivity contribution is 1.48. The quantitative estimate of drug-likeness (QED) is 0.666. The molecule has 84 valence electrons. The average Bonchev–Trinajstić information content (AvgIpc) is 2.81. The van der Waals surface area contributed by atoms with Gasteiger partial charge in [-0.1, -0.05) is 35.8 Å². The first-order chi connectivity index (χ1) is 8.84. The number of hydrogen-bond acceptors (Lipinski definition) is 1. The molecule has 2 aromatic carbocycles. The van der Waals surface area contributed by atoms with E-state index in [1.54, 1.807) is 6.20 Å². The zero-order valence-electron chi connectivity index (χ0n) is 9.80. The second-order valence-electron chi connectivity index (χ2n) is 4.05. The summed E-state index contributed by atoms with van der Waals surface area (Å²) in [4.78, 5) is 8.61. The third kappa shape index (κ3) is 1.86. The first kappa shape index (κ1) is 10.6. The first-order valence-electron chi connectivity index (χ1n) is 5.73. The molecule has 0 fully saturated rings. The molecule has 1 aliphatic rings. The van der Waals surface area contributed by atoms with Crippen molar-refractivity contribution in [2.24, 2.45) is 9.98 Å². The van der Waals surface area contributed by atoms with E-state index < -0.39 is 0 Å². The fraction of sp³-hybridized carbons (Fsp3) is 0. The molecular formula is C16H11N2+. The maximum Gasteiger partial charge on any atom is 0.285 e. The van der Waals surface area contributed by atoms with Crippen molar-refractivity contribution in [1.29, 1.82) is 0 Å². The number of benzene rings is 2. The number of hydrogen-bond donors (Lipinski definition) is 0. The van der Waals surface area contributed by atoms with E-state index in [-0.39, 0.29) is 0 Å². The zero-order valence-corrected chi connectivity index (χ0v) is 9.80. The first-order valence-corrected chi connectivity index (χ1v) is 5.73. The van der Waals surface area contributed by atoms with Gasteiger partial charge in [0.25, 0.3) is 5.84 Å². The molecule has 0 aliphatic carbocycles. The monoisotopic (exact) mass is 231 g/mol. The Kier molecular flexibility index (Phi) is 2.56. The minimum atomic E-state index is 0.703. The van der Waals surface area contributed by atoms with E-state index in [0.29, 0.717) is 5.84 Å². The molecular weight excluding hydrogens is 220 g/mol. The third-order valence-corrected chi connectivity index (χ3v) is 2.83. The summed E-state index contributed by atoms with van der Waals surface area (Å²) in [5, 5.41) is 1.96. The van der Waals surface area contributed by atoms with Crippen molar-refractivity contribution in [3.8, 4) is 0 Å². The predicted octanol–water partition coefficient (Wildman–Crippen LogP) is 1.59. The predicted molar refractivity (Wildman–Crippen MR) is 75.2 cm³/mol. The average molecular weight is 231 g/mol. The van der Waals surface area contributed by atoms with Crippen molar-refractivity contribution in [2.45, 2.75) is 0 Å². The Morgan fingerprint density at radius 2 is 1.83 bits per heavy atom. The second kappa shape index (κ2) is 4.36. The van der Waals surface area contributed by atoms with Gasteiger partial charge in [0.15, 0.2) is 11.1 Å². The van der Waals surface area contributed by atoms with E-state index in [1.807, 2.05) is 48.5 Å². The number of fused-ring (bicyclic) bond motifs is 1. The maximum absolute atomic E-state index is 4.42. The fourth-order valence-electron chi connectivity index (χ4n) is 1.84. The van der Waals surface area contributed by atoms with Gasteiger partial charge in [0.2, 0.25) is 0 Å². The van der Waals surface area contributed by atoms with E-state index >= 15 is 0 Å². The van der Waals surface area contributed by atoms with E-state index in [0.717, 1.165) is 21.6 Å². The Balaban J connectivity index is 2.07. The minimum absolute atomic E-state index is 0.703. The normalized spacial score (nSPS) is 15.8. The molecule has 0 saturated carbocycles. The highest BCUT2D eigenvalue weighted by molar-refractivity contribution is 6.16. The van der Waals surface area contributed by atoms with Crippen LogP contribution in [0.25, 0.3) is 12.8 Å². The summed E-state index contributed by atoms with van der Waals surface area (Å²) in [6.07, 6.45) is 4.76. The van der Waals surface area contributed by atoms with Crippen LogP contribution in [0.3, 0.4) is 0 Å². The van der Waals surface area contributed by atoms with Gasteiger partial charge in [0, 0.05) is 17.4 Å². The van der Waals surface area contributed by atoms with Crippen molar-refractivity contribution < 1.29 is 0 Å². The van der Waals surface area contributed by atoms with Crippen molar-refractivity contribution in [3.05, 3.63) is 70.1 Å². The summed E-state index contributed by atoms with van der Waals surface area (Å²) < 4.78 is 0. The van der Waals surface area contributed by atoms with Crippen LogP contribution in [0.4, 0.5) is 0 Å². The molecule has 3 rings (SSSR count). The Bertz CT molecular complexity index is 755. The van der Waals surface area contributed by atoms with E-state index in [4.69, 9.17) is 0 Å². The summed E-state index contributed by atoms with van der Waals surface area (Å²) in [7, 11) is 0. The molecule has 0 N–H and O–H groups in total. The highest BCUT2D eigenvalue weighted by atomic mass is 14.9. The molecule has 1 heterocycles. The summed E-state index contributed by atoms with van der Waals surface area (Å²) in [5.41, 5.74) is 2.02. The Hall–Kier alpha value is -2.57. The van der Waals surface area contributed by atoms with Crippen LogP contribution in [-0.2, 0) is 0 Å². The lowest BCUT2D eigenvalue weighted by Gasteiger charge is -1.87. The van der Waals surface area contributed by atoms with E-state index in [9.17, 15) is 0 Å². The lowest BCUT2D eigenvalue weighted by atomic mass is 10.1. The molecule has 2 aromatic rings. The molecule has 0 saturated heterocycles. The minimum Gasteiger partial charge on any atom is -0.177 e. The van der Waals surface area contributed by atoms with Gasteiger partial charge in [-0.2, -0.15) is 4.99 Å². The molecule has 18 heavy (non-hydrogen) atoms. The summed E-state index contributed by atoms with van der Waals surface area (Å²) >= 11 is 0. The van der Waals surface area contributed by atoms with Gasteiger partial charge in [-0.05, 0) is 17.4 Å². The number of amidine groups is 1. The molecule has 0 aromatic heterocycles. The number of aliphatic imine (C=N–C) groups is 2. The Morgan fingerprint density at radius 1 is 1.06 bits per heavy atom. The summed E-state index contributed by atoms with van der Waals surface area (Å²) in [6.45, 7) is 3.96. The van der Waals surface area contributed by atoms with Crippen molar-refractivity contribution >= 4 is 24.8 Å². The molecule has 0 atom stereocenters. The van der Waals surface area contributed by atoms with Gasteiger partial charge in [0.1, 0.15) is 6.21 Å². The van der Waals surface area contributed by atoms with Crippen LogP contribution in [0.1, 0.15) is 11.1 Å². The molecule has 0 radical (unpaired) electrons. The molecule has 0 spiro atoms. The van der Waals surface area contributed by atoms with Crippen LogP contribution >= 0.6 is 0 Å². The molecule has 0 unspecified atom stereocenters. The SMILES string of the molecule is C=c1cccc/c1=C\N=C1N=[C+]c2ccccc21. The van der Waals surface area contributed by atoms with E-state index in [2.05, 4.69) is 22.8 Å². The van der Waals surface area contributed by atoms with Gasteiger partial charge in [-0.3, -0.25) is 0 Å². The zero-order chi connectivity index (χ0) is 12.4. The van der Waals surface area contributed by atoms with Crippen molar-refractivity contribution in [1.82, 2.24) is 0 Å². The van der Waals surface area contributed by atoms with Gasteiger partial charge >= 0.3 is 0 Å². The van der Waals surface area contributed by atoms with Crippen LogP contribution in [0, 0.1) is 0 Å². The van der Waals surface area contributed by atoms with Crippen LogP contribution in [0.5, 0.6) is 0 Å². The Morgan fingerprint density at radius 3 is 2.72 bits per heavy atom. The molecule has 2 heteroatoms. The Labute approximate surface area is 105 Å². The highest BCUT2D eigenvalue weighted by Gasteiger charge is 2.23. The number of rotatable bonds is 1. The van der Waals surface area contributed by atoms with Gasteiger partial charge in [-0.15, -0.1) is 0 Å². The van der Waals surface area contributed by atoms with Gasteiger partial charge in [-0.25, -0.2) is 0 Å². The molecule has 2 nitrogen and oxygen atoms in total. The van der Waals surface area contributed by atoms with Gasteiger partial charge in [0.05, 0.1) is 6.20 Å².